The molecule has 0 amide bonds. The van der Waals surface area contributed by atoms with Crippen LogP contribution >= 0.6 is 11.3 Å². The second-order valence-corrected chi connectivity index (χ2v) is 5.48. The van der Waals surface area contributed by atoms with E-state index in [0.29, 0.717) is 12.1 Å². The number of aryl methyl sites for hydroxylation is 1. The molecule has 1 aromatic carbocycles. The number of thiophene rings is 1. The first kappa shape index (κ1) is 14.1. The average Bonchev–Trinajstić information content (AvgIpc) is 2.75. The molecule has 2 aromatic rings. The quantitative estimate of drug-likeness (QED) is 0.900. The van der Waals surface area contributed by atoms with Crippen LogP contribution in [-0.4, -0.2) is 5.11 Å². The van der Waals surface area contributed by atoms with Crippen molar-refractivity contribution in [3.05, 3.63) is 57.0 Å². The van der Waals surface area contributed by atoms with Crippen LogP contribution < -0.4 is 0 Å². The van der Waals surface area contributed by atoms with E-state index in [2.05, 4.69) is 0 Å². The molecule has 0 saturated heterocycles. The van der Waals surface area contributed by atoms with Gasteiger partial charge in [0.15, 0.2) is 0 Å². The van der Waals surface area contributed by atoms with Crippen molar-refractivity contribution in [1.29, 1.82) is 0 Å². The molecule has 102 valence electrons. The van der Waals surface area contributed by atoms with Crippen molar-refractivity contribution in [3.8, 4) is 0 Å². The Morgan fingerprint density at radius 3 is 2.21 bits per heavy atom. The van der Waals surface area contributed by atoms with Crippen LogP contribution in [0.4, 0.5) is 13.2 Å². The van der Waals surface area contributed by atoms with E-state index in [1.54, 1.807) is 0 Å². The molecule has 2 rings (SSSR count). The fourth-order valence-corrected chi connectivity index (χ4v) is 2.88. The molecule has 0 aliphatic heterocycles. The molecule has 0 radical (unpaired) electrons. The Morgan fingerprint density at radius 1 is 1.11 bits per heavy atom. The number of benzene rings is 1. The van der Waals surface area contributed by atoms with Gasteiger partial charge in [0.2, 0.25) is 0 Å². The van der Waals surface area contributed by atoms with Gasteiger partial charge < -0.3 is 5.11 Å². The standard InChI is InChI=1S/C14H13F3OS/c1-2-9-3-4-10(19-9)7-13(18)14-11(16)5-8(15)6-12(14)17/h3-6,13,18H,2,7H2,1H3. The maximum atomic E-state index is 13.5. The molecule has 0 aliphatic carbocycles. The Balaban J connectivity index is 2.22. The Morgan fingerprint density at radius 2 is 1.68 bits per heavy atom. The molecule has 0 bridgehead atoms. The van der Waals surface area contributed by atoms with Crippen molar-refractivity contribution in [2.75, 3.05) is 0 Å². The second-order valence-electron chi connectivity index (χ2n) is 4.22. The van der Waals surface area contributed by atoms with E-state index in [0.717, 1.165) is 16.2 Å². The highest BCUT2D eigenvalue weighted by atomic mass is 32.1. The number of hydrogen-bond donors (Lipinski definition) is 1. The lowest BCUT2D eigenvalue weighted by atomic mass is 10.0. The van der Waals surface area contributed by atoms with Gasteiger partial charge in [-0.2, -0.15) is 0 Å². The van der Waals surface area contributed by atoms with Gasteiger partial charge in [0.1, 0.15) is 17.5 Å². The first-order valence-electron chi connectivity index (χ1n) is 5.91. The number of halogens is 3. The molecule has 1 heterocycles. The summed E-state index contributed by atoms with van der Waals surface area (Å²) < 4.78 is 39.8. The SMILES string of the molecule is CCc1ccc(CC(O)c2c(F)cc(F)cc2F)s1. The highest BCUT2D eigenvalue weighted by Gasteiger charge is 2.20. The summed E-state index contributed by atoms with van der Waals surface area (Å²) in [7, 11) is 0. The summed E-state index contributed by atoms with van der Waals surface area (Å²) in [6.45, 7) is 2.01. The first-order valence-corrected chi connectivity index (χ1v) is 6.73. The Bertz CT molecular complexity index is 557. The van der Waals surface area contributed by atoms with Crippen molar-refractivity contribution in [2.24, 2.45) is 0 Å². The van der Waals surface area contributed by atoms with Crippen molar-refractivity contribution >= 4 is 11.3 Å². The van der Waals surface area contributed by atoms with Crippen LogP contribution in [0.25, 0.3) is 0 Å². The Hall–Kier alpha value is -1.33. The fourth-order valence-electron chi connectivity index (χ4n) is 1.89. The van der Waals surface area contributed by atoms with Crippen LogP contribution in [0.15, 0.2) is 24.3 Å². The van der Waals surface area contributed by atoms with Crippen molar-refractivity contribution in [2.45, 2.75) is 25.9 Å². The minimum atomic E-state index is -1.32. The van der Waals surface area contributed by atoms with Crippen molar-refractivity contribution in [3.63, 3.8) is 0 Å². The third-order valence-corrected chi connectivity index (χ3v) is 4.09. The molecular formula is C14H13F3OS. The monoisotopic (exact) mass is 286 g/mol. The zero-order valence-electron chi connectivity index (χ0n) is 10.3. The molecule has 0 aliphatic rings. The predicted molar refractivity (Wildman–Crippen MR) is 68.7 cm³/mol. The third kappa shape index (κ3) is 3.16. The van der Waals surface area contributed by atoms with Gasteiger partial charge in [-0.05, 0) is 18.6 Å². The molecule has 19 heavy (non-hydrogen) atoms. The molecule has 0 fully saturated rings. The van der Waals surface area contributed by atoms with Gasteiger partial charge in [-0.1, -0.05) is 6.92 Å². The molecule has 5 heteroatoms. The van der Waals surface area contributed by atoms with E-state index in [9.17, 15) is 18.3 Å². The molecular weight excluding hydrogens is 273 g/mol. The van der Waals surface area contributed by atoms with Crippen LogP contribution in [0, 0.1) is 17.5 Å². The summed E-state index contributed by atoms with van der Waals surface area (Å²) in [5.74, 6) is -3.11. The minimum absolute atomic E-state index is 0.115. The first-order chi connectivity index (χ1) is 9.01. The zero-order chi connectivity index (χ0) is 14.0. The van der Waals surface area contributed by atoms with Gasteiger partial charge >= 0.3 is 0 Å². The number of rotatable bonds is 4. The lowest BCUT2D eigenvalue weighted by molar-refractivity contribution is 0.169. The van der Waals surface area contributed by atoms with E-state index in [1.807, 2.05) is 19.1 Å². The van der Waals surface area contributed by atoms with Crippen LogP contribution in [0.3, 0.4) is 0 Å². The predicted octanol–water partition coefficient (Wildman–Crippen LogP) is 4.00. The highest BCUT2D eigenvalue weighted by molar-refractivity contribution is 7.11. The lowest BCUT2D eigenvalue weighted by Gasteiger charge is -2.12. The largest absolute Gasteiger partial charge is 0.388 e. The second kappa shape index (κ2) is 5.75. The smallest absolute Gasteiger partial charge is 0.134 e. The lowest BCUT2D eigenvalue weighted by Crippen LogP contribution is -2.07. The van der Waals surface area contributed by atoms with Gasteiger partial charge in [-0.3, -0.25) is 0 Å². The Kier molecular flexibility index (Phi) is 4.27. The number of aliphatic hydroxyl groups is 1. The van der Waals surface area contributed by atoms with Crippen molar-refractivity contribution < 1.29 is 18.3 Å². The number of hydrogen-bond acceptors (Lipinski definition) is 2. The maximum absolute atomic E-state index is 13.5. The van der Waals surface area contributed by atoms with Crippen LogP contribution in [0.5, 0.6) is 0 Å². The summed E-state index contributed by atoms with van der Waals surface area (Å²) in [6.07, 6.45) is -0.326. The van der Waals surface area contributed by atoms with E-state index in [1.165, 1.54) is 11.3 Å². The Labute approximate surface area is 113 Å². The topological polar surface area (TPSA) is 20.2 Å². The van der Waals surface area contributed by atoms with Crippen molar-refractivity contribution in [1.82, 2.24) is 0 Å². The van der Waals surface area contributed by atoms with E-state index in [4.69, 9.17) is 0 Å². The van der Waals surface area contributed by atoms with Crippen LogP contribution in [0.2, 0.25) is 0 Å². The van der Waals surface area contributed by atoms with E-state index in [-0.39, 0.29) is 6.42 Å². The molecule has 1 atom stereocenters. The zero-order valence-corrected chi connectivity index (χ0v) is 11.1. The van der Waals surface area contributed by atoms with Crippen LogP contribution in [0.1, 0.15) is 28.3 Å². The maximum Gasteiger partial charge on any atom is 0.134 e. The highest BCUT2D eigenvalue weighted by Crippen LogP contribution is 2.27. The minimum Gasteiger partial charge on any atom is -0.388 e. The molecule has 1 unspecified atom stereocenters. The normalized spacial score (nSPS) is 12.7. The van der Waals surface area contributed by atoms with Gasteiger partial charge in [-0.15, -0.1) is 11.3 Å². The number of aliphatic hydroxyl groups excluding tert-OH is 1. The summed E-state index contributed by atoms with van der Waals surface area (Å²) in [5.41, 5.74) is -0.479. The molecule has 0 spiro atoms. The molecule has 0 saturated carbocycles. The summed E-state index contributed by atoms with van der Waals surface area (Å²) in [4.78, 5) is 1.98. The third-order valence-electron chi connectivity index (χ3n) is 2.84. The van der Waals surface area contributed by atoms with Gasteiger partial charge in [0, 0.05) is 28.3 Å². The molecule has 1 N–H and O–H groups in total. The summed E-state index contributed by atoms with van der Waals surface area (Å²) >= 11 is 1.49. The summed E-state index contributed by atoms with van der Waals surface area (Å²) in [5, 5.41) is 9.91. The molecule has 1 aromatic heterocycles. The summed E-state index contributed by atoms with van der Waals surface area (Å²) in [6, 6.07) is 4.90. The van der Waals surface area contributed by atoms with E-state index < -0.39 is 29.1 Å². The van der Waals surface area contributed by atoms with Crippen LogP contribution in [-0.2, 0) is 12.8 Å². The van der Waals surface area contributed by atoms with Gasteiger partial charge in [0.25, 0.3) is 0 Å². The van der Waals surface area contributed by atoms with Gasteiger partial charge in [-0.25, -0.2) is 13.2 Å². The average molecular weight is 286 g/mol. The van der Waals surface area contributed by atoms with E-state index >= 15 is 0 Å². The van der Waals surface area contributed by atoms with Gasteiger partial charge in [0.05, 0.1) is 11.7 Å². The molecule has 1 nitrogen and oxygen atoms in total. The fraction of sp³-hybridized carbons (Fsp3) is 0.286.